The van der Waals surface area contributed by atoms with E-state index in [2.05, 4.69) is 4.98 Å². The van der Waals surface area contributed by atoms with Crippen molar-refractivity contribution in [3.63, 3.8) is 0 Å². The van der Waals surface area contributed by atoms with Gasteiger partial charge in [0.05, 0.1) is 5.69 Å². The van der Waals surface area contributed by atoms with Gasteiger partial charge in [-0.05, 0) is 38.0 Å². The third-order valence-corrected chi connectivity index (χ3v) is 6.28. The molecular formula is C26H27N5O2. The lowest BCUT2D eigenvalue weighted by atomic mass is 9.94. The van der Waals surface area contributed by atoms with E-state index in [9.17, 15) is 4.79 Å². The number of aromatic nitrogens is 3. The highest BCUT2D eigenvalue weighted by Crippen LogP contribution is 2.32. The lowest BCUT2D eigenvalue weighted by Crippen LogP contribution is -2.39. The summed E-state index contributed by atoms with van der Waals surface area (Å²) in [5, 5.41) is 0.988. The summed E-state index contributed by atoms with van der Waals surface area (Å²) in [4.78, 5) is 31.1. The number of benzene rings is 1. The molecule has 1 aliphatic rings. The zero-order valence-electron chi connectivity index (χ0n) is 19.2. The van der Waals surface area contributed by atoms with Gasteiger partial charge < -0.3 is 14.2 Å². The van der Waals surface area contributed by atoms with Gasteiger partial charge in [-0.1, -0.05) is 18.2 Å². The lowest BCUT2D eigenvalue weighted by Gasteiger charge is -2.32. The Morgan fingerprint density at radius 2 is 2.00 bits per heavy atom. The molecule has 1 amide bonds. The molecule has 0 saturated carbocycles. The number of carbonyl (C=O) groups is 1. The molecule has 1 saturated heterocycles. The highest BCUT2D eigenvalue weighted by Gasteiger charge is 2.30. The second kappa shape index (κ2) is 8.65. The van der Waals surface area contributed by atoms with E-state index < -0.39 is 0 Å². The molecule has 7 heteroatoms. The van der Waals surface area contributed by atoms with Crippen LogP contribution in [0.2, 0.25) is 0 Å². The third-order valence-electron chi connectivity index (χ3n) is 6.28. The molecule has 0 bridgehead atoms. The van der Waals surface area contributed by atoms with Crippen molar-refractivity contribution < 1.29 is 9.21 Å². The molecule has 1 aromatic carbocycles. The Morgan fingerprint density at radius 3 is 2.76 bits per heavy atom. The van der Waals surface area contributed by atoms with Gasteiger partial charge >= 0.3 is 0 Å². The Balaban J connectivity index is 1.45. The molecule has 0 unspecified atom stereocenters. The fourth-order valence-corrected chi connectivity index (χ4v) is 4.44. The van der Waals surface area contributed by atoms with Gasteiger partial charge in [0, 0.05) is 68.1 Å². The minimum atomic E-state index is -0.0530. The maximum Gasteiger partial charge on any atom is 0.289 e. The zero-order valence-corrected chi connectivity index (χ0v) is 19.2. The number of hydrogen-bond donors (Lipinski definition) is 0. The van der Waals surface area contributed by atoms with Crippen LogP contribution in [0, 0.1) is 6.92 Å². The fraction of sp³-hybridized carbons (Fsp3) is 0.308. The predicted octanol–water partition coefficient (Wildman–Crippen LogP) is 4.68. The average Bonchev–Trinajstić information content (AvgIpc) is 3.20. The van der Waals surface area contributed by atoms with Crippen molar-refractivity contribution in [2.75, 3.05) is 32.1 Å². The molecule has 1 atom stereocenters. The Labute approximate surface area is 193 Å². The first kappa shape index (κ1) is 21.1. The Kier molecular flexibility index (Phi) is 5.54. The standard InChI is InChI=1S/C26H27N5O2/c1-17-20-10-4-5-11-22(20)33-24(17)26(32)31-13-7-9-19(16-31)21-14-23(30(2)3)29-25(28-21)18-8-6-12-27-15-18/h4-6,8,10-12,14-15,19H,7,9,13,16H2,1-3H3/t19-/m1/s1. The van der Waals surface area contributed by atoms with Crippen LogP contribution in [0.15, 0.2) is 59.3 Å². The number of furan rings is 1. The van der Waals surface area contributed by atoms with Crippen LogP contribution in [0.5, 0.6) is 0 Å². The number of para-hydroxylation sites is 1. The van der Waals surface area contributed by atoms with E-state index in [4.69, 9.17) is 14.4 Å². The van der Waals surface area contributed by atoms with Gasteiger partial charge in [-0.3, -0.25) is 9.78 Å². The number of pyridine rings is 1. The summed E-state index contributed by atoms with van der Waals surface area (Å²) in [5.41, 5.74) is 3.48. The fourth-order valence-electron chi connectivity index (χ4n) is 4.44. The molecule has 0 N–H and O–H groups in total. The van der Waals surface area contributed by atoms with Crippen molar-refractivity contribution in [1.82, 2.24) is 19.9 Å². The van der Waals surface area contributed by atoms with Crippen molar-refractivity contribution in [3.05, 3.63) is 71.9 Å². The van der Waals surface area contributed by atoms with Crippen molar-refractivity contribution in [2.45, 2.75) is 25.7 Å². The number of piperidine rings is 1. The van der Waals surface area contributed by atoms with Crippen LogP contribution in [0.4, 0.5) is 5.82 Å². The van der Waals surface area contributed by atoms with Crippen LogP contribution >= 0.6 is 0 Å². The largest absolute Gasteiger partial charge is 0.451 e. The number of amides is 1. The van der Waals surface area contributed by atoms with Crippen molar-refractivity contribution in [3.8, 4) is 11.4 Å². The molecule has 0 radical (unpaired) electrons. The number of fused-ring (bicyclic) bond motifs is 1. The topological polar surface area (TPSA) is 75.4 Å². The summed E-state index contributed by atoms with van der Waals surface area (Å²) in [6.07, 6.45) is 5.41. The smallest absolute Gasteiger partial charge is 0.289 e. The number of hydrogen-bond acceptors (Lipinski definition) is 6. The summed E-state index contributed by atoms with van der Waals surface area (Å²) < 4.78 is 5.95. The van der Waals surface area contributed by atoms with E-state index in [0.29, 0.717) is 24.7 Å². The predicted molar refractivity (Wildman–Crippen MR) is 128 cm³/mol. The molecule has 1 aliphatic heterocycles. The minimum Gasteiger partial charge on any atom is -0.451 e. The highest BCUT2D eigenvalue weighted by molar-refractivity contribution is 5.99. The summed E-state index contributed by atoms with van der Waals surface area (Å²) >= 11 is 0. The van der Waals surface area contributed by atoms with E-state index in [1.54, 1.807) is 12.4 Å². The van der Waals surface area contributed by atoms with Gasteiger partial charge in [0.15, 0.2) is 11.6 Å². The molecular weight excluding hydrogens is 414 g/mol. The number of rotatable bonds is 4. The monoisotopic (exact) mass is 441 g/mol. The summed E-state index contributed by atoms with van der Waals surface area (Å²) in [7, 11) is 3.94. The molecule has 5 rings (SSSR count). The van der Waals surface area contributed by atoms with Gasteiger partial charge in [0.1, 0.15) is 11.4 Å². The molecule has 0 spiro atoms. The maximum atomic E-state index is 13.4. The van der Waals surface area contributed by atoms with Gasteiger partial charge in [-0.25, -0.2) is 9.97 Å². The van der Waals surface area contributed by atoms with Crippen LogP contribution in [0.25, 0.3) is 22.4 Å². The van der Waals surface area contributed by atoms with E-state index in [1.807, 2.05) is 73.3 Å². The SMILES string of the molecule is Cc1c(C(=O)N2CCC[C@@H](c3cc(N(C)C)nc(-c4cccnc4)n3)C2)oc2ccccc12. The number of likely N-dealkylation sites (tertiary alicyclic amines) is 1. The summed E-state index contributed by atoms with van der Waals surface area (Å²) in [5.74, 6) is 2.01. The zero-order chi connectivity index (χ0) is 22.9. The first-order valence-corrected chi connectivity index (χ1v) is 11.3. The van der Waals surface area contributed by atoms with Gasteiger partial charge in [0.2, 0.25) is 0 Å². The normalized spacial score (nSPS) is 16.2. The molecule has 4 aromatic rings. The van der Waals surface area contributed by atoms with Crippen molar-refractivity contribution in [1.29, 1.82) is 0 Å². The van der Waals surface area contributed by atoms with Crippen LogP contribution in [-0.2, 0) is 0 Å². The van der Waals surface area contributed by atoms with Gasteiger partial charge in [0.25, 0.3) is 5.91 Å². The number of anilines is 1. The third kappa shape index (κ3) is 4.06. The second-order valence-corrected chi connectivity index (χ2v) is 8.75. The average molecular weight is 442 g/mol. The molecule has 3 aromatic heterocycles. The highest BCUT2D eigenvalue weighted by atomic mass is 16.3. The Bertz CT molecular complexity index is 1300. The molecule has 4 heterocycles. The Morgan fingerprint density at radius 1 is 1.15 bits per heavy atom. The number of aryl methyl sites for hydroxylation is 1. The summed E-state index contributed by atoms with van der Waals surface area (Å²) in [6.45, 7) is 3.27. The molecule has 7 nitrogen and oxygen atoms in total. The van der Waals surface area contributed by atoms with Gasteiger partial charge in [-0.15, -0.1) is 0 Å². The molecule has 33 heavy (non-hydrogen) atoms. The van der Waals surface area contributed by atoms with E-state index in [1.165, 1.54) is 0 Å². The number of nitrogens with zero attached hydrogens (tertiary/aromatic N) is 5. The van der Waals surface area contributed by atoms with Crippen LogP contribution in [-0.4, -0.2) is 52.9 Å². The quantitative estimate of drug-likeness (QED) is 0.458. The van der Waals surface area contributed by atoms with E-state index >= 15 is 0 Å². The van der Waals surface area contributed by atoms with Crippen molar-refractivity contribution in [2.24, 2.45) is 0 Å². The molecule has 1 fully saturated rings. The van der Waals surface area contributed by atoms with Crippen LogP contribution in [0.1, 0.15) is 40.6 Å². The van der Waals surface area contributed by atoms with E-state index in [0.717, 1.165) is 46.4 Å². The molecule has 0 aliphatic carbocycles. The Hall–Kier alpha value is -3.74. The van der Waals surface area contributed by atoms with Crippen LogP contribution < -0.4 is 4.90 Å². The van der Waals surface area contributed by atoms with Gasteiger partial charge in [-0.2, -0.15) is 0 Å². The summed E-state index contributed by atoms with van der Waals surface area (Å²) in [6, 6.07) is 13.7. The van der Waals surface area contributed by atoms with Crippen molar-refractivity contribution >= 4 is 22.7 Å². The lowest BCUT2D eigenvalue weighted by molar-refractivity contribution is 0.0675. The van der Waals surface area contributed by atoms with Crippen LogP contribution in [0.3, 0.4) is 0 Å². The molecule has 168 valence electrons. The first-order valence-electron chi connectivity index (χ1n) is 11.3. The minimum absolute atomic E-state index is 0.0530. The second-order valence-electron chi connectivity index (χ2n) is 8.75. The first-order chi connectivity index (χ1) is 16.0. The van der Waals surface area contributed by atoms with E-state index in [-0.39, 0.29) is 11.8 Å². The maximum absolute atomic E-state index is 13.4. The number of carbonyl (C=O) groups excluding carboxylic acids is 1.